The molecule has 0 amide bonds. The third-order valence-corrected chi connectivity index (χ3v) is 3.44. The van der Waals surface area contributed by atoms with Gasteiger partial charge in [0, 0.05) is 17.3 Å². The first-order valence-corrected chi connectivity index (χ1v) is 6.45. The molecule has 1 heterocycles. The number of para-hydroxylation sites is 1. The van der Waals surface area contributed by atoms with Crippen LogP contribution in [0.15, 0.2) is 60.8 Å². The molecule has 0 fully saturated rings. The van der Waals surface area contributed by atoms with E-state index in [-0.39, 0.29) is 6.04 Å². The molecule has 5 N–H and O–H groups in total. The van der Waals surface area contributed by atoms with E-state index < -0.39 is 0 Å². The van der Waals surface area contributed by atoms with Gasteiger partial charge in [-0.3, -0.25) is 10.8 Å². The van der Waals surface area contributed by atoms with Crippen molar-refractivity contribution in [3.8, 4) is 0 Å². The van der Waals surface area contributed by atoms with E-state index in [2.05, 4.69) is 10.4 Å². The SMILES string of the molecule is NNC(c1ccc2cccnc2c1)c1ccccc1N. The maximum absolute atomic E-state index is 6.04. The quantitative estimate of drug-likeness (QED) is 0.385. The van der Waals surface area contributed by atoms with E-state index in [1.807, 2.05) is 54.6 Å². The number of nitrogens with two attached hydrogens (primary N) is 2. The van der Waals surface area contributed by atoms with Crippen molar-refractivity contribution < 1.29 is 0 Å². The molecule has 4 nitrogen and oxygen atoms in total. The molecule has 100 valence electrons. The summed E-state index contributed by atoms with van der Waals surface area (Å²) in [5, 5.41) is 1.10. The topological polar surface area (TPSA) is 77.0 Å². The van der Waals surface area contributed by atoms with Crippen LogP contribution in [-0.2, 0) is 0 Å². The first kappa shape index (κ1) is 12.6. The van der Waals surface area contributed by atoms with Gasteiger partial charge in [-0.15, -0.1) is 0 Å². The summed E-state index contributed by atoms with van der Waals surface area (Å²) >= 11 is 0. The Hall–Kier alpha value is -2.43. The van der Waals surface area contributed by atoms with Crippen LogP contribution in [0.4, 0.5) is 5.69 Å². The normalized spacial score (nSPS) is 12.4. The van der Waals surface area contributed by atoms with E-state index in [0.29, 0.717) is 0 Å². The Bertz CT molecular complexity index is 739. The van der Waals surface area contributed by atoms with Gasteiger partial charge in [0.25, 0.3) is 0 Å². The van der Waals surface area contributed by atoms with Crippen molar-refractivity contribution in [3.05, 3.63) is 71.9 Å². The molecule has 0 aliphatic rings. The average molecular weight is 264 g/mol. The number of nitrogen functional groups attached to an aromatic ring is 1. The number of hydrazine groups is 1. The Morgan fingerprint density at radius 1 is 1.00 bits per heavy atom. The molecule has 0 bridgehead atoms. The lowest BCUT2D eigenvalue weighted by molar-refractivity contribution is 0.639. The summed E-state index contributed by atoms with van der Waals surface area (Å²) in [4.78, 5) is 4.37. The molecule has 1 aromatic heterocycles. The van der Waals surface area contributed by atoms with Gasteiger partial charge in [0.05, 0.1) is 11.6 Å². The van der Waals surface area contributed by atoms with Crippen LogP contribution in [0.5, 0.6) is 0 Å². The molecule has 4 heteroatoms. The minimum absolute atomic E-state index is 0.150. The second-order valence-corrected chi connectivity index (χ2v) is 4.68. The van der Waals surface area contributed by atoms with E-state index in [9.17, 15) is 0 Å². The zero-order valence-electron chi connectivity index (χ0n) is 11.0. The molecule has 3 rings (SSSR count). The van der Waals surface area contributed by atoms with Crippen molar-refractivity contribution >= 4 is 16.6 Å². The second-order valence-electron chi connectivity index (χ2n) is 4.68. The maximum Gasteiger partial charge on any atom is 0.0730 e. The fourth-order valence-corrected chi connectivity index (χ4v) is 2.40. The Morgan fingerprint density at radius 2 is 1.85 bits per heavy atom. The highest BCUT2D eigenvalue weighted by molar-refractivity contribution is 5.79. The zero-order chi connectivity index (χ0) is 13.9. The largest absolute Gasteiger partial charge is 0.398 e. The summed E-state index contributed by atoms with van der Waals surface area (Å²) in [6, 6.07) is 17.6. The summed E-state index contributed by atoms with van der Waals surface area (Å²) in [5.41, 5.74) is 12.5. The van der Waals surface area contributed by atoms with Gasteiger partial charge in [0.2, 0.25) is 0 Å². The van der Waals surface area contributed by atoms with E-state index >= 15 is 0 Å². The highest BCUT2D eigenvalue weighted by atomic mass is 15.2. The monoisotopic (exact) mass is 264 g/mol. The summed E-state index contributed by atoms with van der Waals surface area (Å²) < 4.78 is 0. The van der Waals surface area contributed by atoms with Gasteiger partial charge in [-0.2, -0.15) is 0 Å². The smallest absolute Gasteiger partial charge is 0.0730 e. The molecule has 0 radical (unpaired) electrons. The maximum atomic E-state index is 6.04. The van der Waals surface area contributed by atoms with Gasteiger partial charge in [-0.05, 0) is 29.3 Å². The summed E-state index contributed by atoms with van der Waals surface area (Å²) in [7, 11) is 0. The van der Waals surface area contributed by atoms with Gasteiger partial charge in [0.1, 0.15) is 0 Å². The third-order valence-electron chi connectivity index (χ3n) is 3.44. The van der Waals surface area contributed by atoms with Crippen molar-refractivity contribution in [1.29, 1.82) is 0 Å². The van der Waals surface area contributed by atoms with Crippen molar-refractivity contribution in [3.63, 3.8) is 0 Å². The van der Waals surface area contributed by atoms with Crippen LogP contribution in [0, 0.1) is 0 Å². The van der Waals surface area contributed by atoms with Crippen molar-refractivity contribution in [2.45, 2.75) is 6.04 Å². The Kier molecular flexibility index (Phi) is 3.33. The number of benzene rings is 2. The molecular formula is C16H16N4. The highest BCUT2D eigenvalue weighted by Gasteiger charge is 2.15. The molecule has 20 heavy (non-hydrogen) atoms. The Labute approximate surface area is 117 Å². The van der Waals surface area contributed by atoms with Crippen LogP contribution >= 0.6 is 0 Å². The highest BCUT2D eigenvalue weighted by Crippen LogP contribution is 2.27. The van der Waals surface area contributed by atoms with Crippen LogP contribution in [0.2, 0.25) is 0 Å². The van der Waals surface area contributed by atoms with Gasteiger partial charge >= 0.3 is 0 Å². The Balaban J connectivity index is 2.10. The number of nitrogens with one attached hydrogen (secondary N) is 1. The first-order valence-electron chi connectivity index (χ1n) is 6.45. The number of rotatable bonds is 3. The summed E-state index contributed by atoms with van der Waals surface area (Å²) in [6.07, 6.45) is 1.79. The molecule has 1 atom stereocenters. The molecule has 0 aliphatic heterocycles. The van der Waals surface area contributed by atoms with Crippen LogP contribution in [0.3, 0.4) is 0 Å². The number of hydrogen-bond acceptors (Lipinski definition) is 4. The molecular weight excluding hydrogens is 248 g/mol. The van der Waals surface area contributed by atoms with E-state index in [0.717, 1.165) is 27.7 Å². The minimum Gasteiger partial charge on any atom is -0.398 e. The van der Waals surface area contributed by atoms with Crippen molar-refractivity contribution in [1.82, 2.24) is 10.4 Å². The number of aromatic nitrogens is 1. The molecule has 0 spiro atoms. The molecule has 0 aliphatic carbocycles. The number of anilines is 1. The third kappa shape index (κ3) is 2.22. The molecule has 0 saturated carbocycles. The fraction of sp³-hybridized carbons (Fsp3) is 0.0625. The minimum atomic E-state index is -0.150. The standard InChI is InChI=1S/C16H16N4/c17-14-6-2-1-5-13(14)16(20-18)12-8-7-11-4-3-9-19-15(11)10-12/h1-10,16,20H,17-18H2. The summed E-state index contributed by atoms with van der Waals surface area (Å²) in [5.74, 6) is 5.72. The van der Waals surface area contributed by atoms with E-state index in [1.165, 1.54) is 0 Å². The van der Waals surface area contributed by atoms with Crippen molar-refractivity contribution in [2.75, 3.05) is 5.73 Å². The number of hydrogen-bond donors (Lipinski definition) is 3. The summed E-state index contributed by atoms with van der Waals surface area (Å²) in [6.45, 7) is 0. The van der Waals surface area contributed by atoms with Crippen LogP contribution in [0.25, 0.3) is 10.9 Å². The van der Waals surface area contributed by atoms with Crippen LogP contribution in [-0.4, -0.2) is 4.98 Å². The van der Waals surface area contributed by atoms with E-state index in [4.69, 9.17) is 11.6 Å². The molecule has 1 unspecified atom stereocenters. The molecule has 0 saturated heterocycles. The molecule has 3 aromatic rings. The number of fused-ring (bicyclic) bond motifs is 1. The van der Waals surface area contributed by atoms with Crippen LogP contribution < -0.4 is 17.0 Å². The van der Waals surface area contributed by atoms with Gasteiger partial charge in [-0.1, -0.05) is 36.4 Å². The number of pyridine rings is 1. The number of nitrogens with zero attached hydrogens (tertiary/aromatic N) is 1. The lowest BCUT2D eigenvalue weighted by atomic mass is 9.97. The lowest BCUT2D eigenvalue weighted by Gasteiger charge is -2.19. The Morgan fingerprint density at radius 3 is 2.65 bits per heavy atom. The van der Waals surface area contributed by atoms with E-state index in [1.54, 1.807) is 6.20 Å². The van der Waals surface area contributed by atoms with Gasteiger partial charge < -0.3 is 5.73 Å². The predicted octanol–water partition coefficient (Wildman–Crippen LogP) is 2.37. The van der Waals surface area contributed by atoms with Crippen LogP contribution in [0.1, 0.15) is 17.2 Å². The lowest BCUT2D eigenvalue weighted by Crippen LogP contribution is -2.29. The second kappa shape index (κ2) is 5.28. The van der Waals surface area contributed by atoms with Crippen molar-refractivity contribution in [2.24, 2.45) is 5.84 Å². The fourth-order valence-electron chi connectivity index (χ4n) is 2.40. The zero-order valence-corrected chi connectivity index (χ0v) is 11.0. The molecule has 2 aromatic carbocycles. The predicted molar refractivity (Wildman–Crippen MR) is 81.8 cm³/mol. The van der Waals surface area contributed by atoms with Gasteiger partial charge in [-0.25, -0.2) is 5.43 Å². The average Bonchev–Trinajstić information content (AvgIpc) is 2.50. The first-order chi connectivity index (χ1) is 9.79. The van der Waals surface area contributed by atoms with Gasteiger partial charge in [0.15, 0.2) is 0 Å².